The molecular formula is C17H24FN3O4. The number of amides is 3. The number of nitrogens with one attached hydrogen (secondary N) is 2. The van der Waals surface area contributed by atoms with Gasteiger partial charge in [0.2, 0.25) is 0 Å². The fourth-order valence-electron chi connectivity index (χ4n) is 2.01. The van der Waals surface area contributed by atoms with E-state index in [1.807, 2.05) is 0 Å². The minimum atomic E-state index is -0.978. The summed E-state index contributed by atoms with van der Waals surface area (Å²) in [5.41, 5.74) is 5.71. The van der Waals surface area contributed by atoms with E-state index >= 15 is 0 Å². The van der Waals surface area contributed by atoms with Crippen LogP contribution in [0.15, 0.2) is 18.2 Å². The molecule has 0 aliphatic rings. The first-order chi connectivity index (χ1) is 11.8. The summed E-state index contributed by atoms with van der Waals surface area (Å²) in [6.07, 6.45) is 1.20. The Morgan fingerprint density at radius 3 is 2.60 bits per heavy atom. The summed E-state index contributed by atoms with van der Waals surface area (Å²) in [5.74, 6) is -1.43. The third kappa shape index (κ3) is 8.14. The van der Waals surface area contributed by atoms with Crippen molar-refractivity contribution in [3.05, 3.63) is 29.6 Å². The topological polar surface area (TPSA) is 111 Å². The molecule has 8 heteroatoms. The molecule has 4 N–H and O–H groups in total. The van der Waals surface area contributed by atoms with Crippen LogP contribution in [0.3, 0.4) is 0 Å². The van der Waals surface area contributed by atoms with E-state index in [-0.39, 0.29) is 6.42 Å². The molecule has 1 atom stereocenters. The summed E-state index contributed by atoms with van der Waals surface area (Å²) < 4.78 is 18.5. The van der Waals surface area contributed by atoms with Gasteiger partial charge in [0.25, 0.3) is 5.91 Å². The third-order valence-corrected chi connectivity index (χ3v) is 3.47. The van der Waals surface area contributed by atoms with E-state index in [0.29, 0.717) is 30.6 Å². The number of anilines is 1. The Kier molecular flexibility index (Phi) is 8.38. The van der Waals surface area contributed by atoms with Crippen molar-refractivity contribution in [1.29, 1.82) is 0 Å². The van der Waals surface area contributed by atoms with Crippen LogP contribution in [0.5, 0.6) is 0 Å². The van der Waals surface area contributed by atoms with Gasteiger partial charge >= 0.3 is 12.0 Å². The average molecular weight is 353 g/mol. The predicted octanol–water partition coefficient (Wildman–Crippen LogP) is 2.23. The molecule has 0 radical (unpaired) electrons. The quantitative estimate of drug-likeness (QED) is 0.467. The Labute approximate surface area is 146 Å². The highest BCUT2D eigenvalue weighted by atomic mass is 19.1. The van der Waals surface area contributed by atoms with Crippen LogP contribution < -0.4 is 16.4 Å². The molecule has 1 rings (SSSR count). The zero-order chi connectivity index (χ0) is 18.8. The Bertz CT molecular complexity index is 622. The number of ether oxygens (including phenoxy) is 1. The molecule has 25 heavy (non-hydrogen) atoms. The van der Waals surface area contributed by atoms with Gasteiger partial charge in [0.1, 0.15) is 5.82 Å². The molecule has 0 aliphatic carbocycles. The van der Waals surface area contributed by atoms with Crippen LogP contribution in [-0.4, -0.2) is 30.6 Å². The van der Waals surface area contributed by atoms with Crippen LogP contribution in [0.1, 0.15) is 38.2 Å². The predicted molar refractivity (Wildman–Crippen MR) is 91.4 cm³/mol. The molecule has 0 fully saturated rings. The Morgan fingerprint density at radius 2 is 1.96 bits per heavy atom. The summed E-state index contributed by atoms with van der Waals surface area (Å²) >= 11 is 0. The lowest BCUT2D eigenvalue weighted by Gasteiger charge is -2.14. The van der Waals surface area contributed by atoms with Gasteiger partial charge in [-0.25, -0.2) is 9.18 Å². The van der Waals surface area contributed by atoms with Gasteiger partial charge in [-0.15, -0.1) is 0 Å². The number of nitrogens with two attached hydrogens (primary N) is 1. The number of aryl methyl sites for hydroxylation is 1. The van der Waals surface area contributed by atoms with E-state index in [1.54, 1.807) is 19.1 Å². The van der Waals surface area contributed by atoms with Crippen LogP contribution in [0.4, 0.5) is 14.9 Å². The highest BCUT2D eigenvalue weighted by Gasteiger charge is 2.18. The second-order valence-electron chi connectivity index (χ2n) is 5.69. The fourth-order valence-corrected chi connectivity index (χ4v) is 2.01. The number of benzene rings is 1. The summed E-state index contributed by atoms with van der Waals surface area (Å²) in [4.78, 5) is 34.1. The largest absolute Gasteiger partial charge is 0.453 e. The highest BCUT2D eigenvalue weighted by Crippen LogP contribution is 2.14. The zero-order valence-electron chi connectivity index (χ0n) is 14.4. The molecule has 1 aromatic carbocycles. The maximum absolute atomic E-state index is 13.4. The highest BCUT2D eigenvalue weighted by molar-refractivity contribution is 5.95. The molecule has 3 amide bonds. The summed E-state index contributed by atoms with van der Waals surface area (Å²) in [7, 11) is 0. The zero-order valence-corrected chi connectivity index (χ0v) is 14.4. The number of hydrogen-bond donors (Lipinski definition) is 3. The molecule has 7 nitrogen and oxygen atoms in total. The molecule has 0 aromatic heterocycles. The van der Waals surface area contributed by atoms with Crippen LogP contribution in [0.25, 0.3) is 0 Å². The summed E-state index contributed by atoms with van der Waals surface area (Å²) in [5, 5.41) is 4.96. The van der Waals surface area contributed by atoms with E-state index in [9.17, 15) is 18.8 Å². The molecule has 138 valence electrons. The molecule has 0 spiro atoms. The molecule has 1 aromatic rings. The first-order valence-electron chi connectivity index (χ1n) is 8.09. The van der Waals surface area contributed by atoms with E-state index in [4.69, 9.17) is 10.5 Å². The van der Waals surface area contributed by atoms with Crippen molar-refractivity contribution in [2.75, 3.05) is 11.9 Å². The van der Waals surface area contributed by atoms with Crippen molar-refractivity contribution in [3.63, 3.8) is 0 Å². The van der Waals surface area contributed by atoms with Crippen molar-refractivity contribution in [1.82, 2.24) is 5.32 Å². The second kappa shape index (κ2) is 10.3. The smallest absolute Gasteiger partial charge is 0.312 e. The van der Waals surface area contributed by atoms with Crippen LogP contribution in [0.2, 0.25) is 0 Å². The minimum absolute atomic E-state index is 0.174. The maximum Gasteiger partial charge on any atom is 0.312 e. The number of urea groups is 1. The van der Waals surface area contributed by atoms with Crippen molar-refractivity contribution in [2.45, 2.75) is 45.6 Å². The Hall–Kier alpha value is -2.64. The van der Waals surface area contributed by atoms with Gasteiger partial charge in [0.15, 0.2) is 6.10 Å². The molecule has 0 heterocycles. The Balaban J connectivity index is 2.28. The fraction of sp³-hybridized carbons (Fsp3) is 0.471. The van der Waals surface area contributed by atoms with Crippen LogP contribution in [-0.2, 0) is 14.3 Å². The average Bonchev–Trinajstić information content (AvgIpc) is 2.53. The van der Waals surface area contributed by atoms with Crippen molar-refractivity contribution >= 4 is 23.6 Å². The molecule has 0 unspecified atom stereocenters. The maximum atomic E-state index is 13.4. The number of primary amides is 1. The molecule has 0 saturated carbocycles. The Morgan fingerprint density at radius 1 is 1.24 bits per heavy atom. The third-order valence-electron chi connectivity index (χ3n) is 3.47. The number of esters is 1. The normalized spacial score (nSPS) is 11.5. The van der Waals surface area contributed by atoms with Crippen molar-refractivity contribution < 1.29 is 23.5 Å². The van der Waals surface area contributed by atoms with Crippen LogP contribution in [0, 0.1) is 12.7 Å². The van der Waals surface area contributed by atoms with Crippen molar-refractivity contribution in [2.24, 2.45) is 5.73 Å². The van der Waals surface area contributed by atoms with Gasteiger partial charge in [-0.2, -0.15) is 0 Å². The lowest BCUT2D eigenvalue weighted by atomic mass is 10.2. The van der Waals surface area contributed by atoms with E-state index < -0.39 is 29.8 Å². The standard InChI is InChI=1S/C17H24FN3O4/c1-11-7-8-13(10-14(11)18)21-16(23)12(2)25-15(22)6-4-3-5-9-20-17(19)24/h7-8,10,12H,3-6,9H2,1-2H3,(H,21,23)(H3,19,20,24)/t12-/m1/s1. The SMILES string of the molecule is Cc1ccc(NC(=O)[C@@H](C)OC(=O)CCCCCNC(N)=O)cc1F. The second-order valence-corrected chi connectivity index (χ2v) is 5.69. The van der Waals surface area contributed by atoms with Gasteiger partial charge in [0.05, 0.1) is 0 Å². The van der Waals surface area contributed by atoms with Crippen molar-refractivity contribution in [3.8, 4) is 0 Å². The molecule has 0 aliphatic heterocycles. The molecular weight excluding hydrogens is 329 g/mol. The monoisotopic (exact) mass is 353 g/mol. The van der Waals surface area contributed by atoms with Gasteiger partial charge in [-0.3, -0.25) is 9.59 Å². The van der Waals surface area contributed by atoms with E-state index in [1.165, 1.54) is 13.0 Å². The van der Waals surface area contributed by atoms with Gasteiger partial charge in [0, 0.05) is 18.7 Å². The number of halogens is 1. The summed E-state index contributed by atoms with van der Waals surface area (Å²) in [6, 6.07) is 3.76. The number of carbonyl (C=O) groups is 3. The first kappa shape index (κ1) is 20.4. The number of carbonyl (C=O) groups excluding carboxylic acids is 3. The first-order valence-corrected chi connectivity index (χ1v) is 8.09. The lowest BCUT2D eigenvalue weighted by Crippen LogP contribution is -2.30. The number of hydrogen-bond acceptors (Lipinski definition) is 4. The molecule has 0 bridgehead atoms. The number of unbranched alkanes of at least 4 members (excludes halogenated alkanes) is 2. The molecule has 0 saturated heterocycles. The van der Waals surface area contributed by atoms with E-state index in [0.717, 1.165) is 6.42 Å². The lowest BCUT2D eigenvalue weighted by molar-refractivity contribution is -0.153. The van der Waals surface area contributed by atoms with Gasteiger partial charge < -0.3 is 21.1 Å². The number of rotatable bonds is 9. The van der Waals surface area contributed by atoms with E-state index in [2.05, 4.69) is 10.6 Å². The van der Waals surface area contributed by atoms with Gasteiger partial charge in [-0.05, 0) is 44.4 Å². The summed E-state index contributed by atoms with van der Waals surface area (Å²) in [6.45, 7) is 3.53. The minimum Gasteiger partial charge on any atom is -0.453 e. The van der Waals surface area contributed by atoms with Gasteiger partial charge in [-0.1, -0.05) is 12.5 Å². The van der Waals surface area contributed by atoms with Crippen LogP contribution >= 0.6 is 0 Å².